The van der Waals surface area contributed by atoms with E-state index in [1.54, 1.807) is 0 Å². The van der Waals surface area contributed by atoms with Gasteiger partial charge in [0.25, 0.3) is 0 Å². The number of fused-ring (bicyclic) bond motifs is 1. The van der Waals surface area contributed by atoms with Gasteiger partial charge in [-0.1, -0.05) is 52.0 Å². The highest BCUT2D eigenvalue weighted by molar-refractivity contribution is 6.02. The van der Waals surface area contributed by atoms with E-state index in [4.69, 9.17) is 0 Å². The number of ketones is 1. The van der Waals surface area contributed by atoms with Crippen LogP contribution in [0.4, 0.5) is 0 Å². The monoisotopic (exact) mass is 216 g/mol. The number of rotatable bonds is 0. The molecule has 0 saturated heterocycles. The number of hydrogen-bond donors (Lipinski definition) is 0. The van der Waals surface area contributed by atoms with Gasteiger partial charge in [-0.3, -0.25) is 4.79 Å². The van der Waals surface area contributed by atoms with Crippen molar-refractivity contribution >= 4 is 5.78 Å². The molecule has 1 nitrogen and oxygen atoms in total. The third kappa shape index (κ3) is 1.68. The van der Waals surface area contributed by atoms with Crippen LogP contribution in [-0.4, -0.2) is 5.78 Å². The summed E-state index contributed by atoms with van der Waals surface area (Å²) >= 11 is 0. The van der Waals surface area contributed by atoms with Crippen LogP contribution >= 0.6 is 0 Å². The lowest BCUT2D eigenvalue weighted by atomic mass is 9.79. The average molecular weight is 216 g/mol. The topological polar surface area (TPSA) is 17.1 Å². The van der Waals surface area contributed by atoms with E-state index < -0.39 is 0 Å². The van der Waals surface area contributed by atoms with Gasteiger partial charge in [-0.25, -0.2) is 0 Å². The molecule has 0 N–H and O–H groups in total. The van der Waals surface area contributed by atoms with Gasteiger partial charge in [0.05, 0.1) is 0 Å². The van der Waals surface area contributed by atoms with Gasteiger partial charge < -0.3 is 0 Å². The van der Waals surface area contributed by atoms with E-state index in [2.05, 4.69) is 33.8 Å². The second-order valence-electron chi connectivity index (χ2n) is 6.14. The van der Waals surface area contributed by atoms with Crippen LogP contribution in [0.25, 0.3) is 0 Å². The highest BCUT2D eigenvalue weighted by Gasteiger charge is 2.38. The Bertz CT molecular complexity index is 427. The lowest BCUT2D eigenvalue weighted by Gasteiger charge is -2.25. The molecule has 86 valence electrons. The number of benzene rings is 1. The summed E-state index contributed by atoms with van der Waals surface area (Å²) in [6.45, 7) is 8.60. The van der Waals surface area contributed by atoms with Gasteiger partial charge in [0, 0.05) is 11.0 Å². The minimum absolute atomic E-state index is 0.111. The maximum Gasteiger partial charge on any atom is 0.168 e. The average Bonchev–Trinajstić information content (AvgIpc) is 2.31. The summed E-state index contributed by atoms with van der Waals surface area (Å²) in [5, 5.41) is 0. The Morgan fingerprint density at radius 1 is 0.938 bits per heavy atom. The SMILES string of the molecule is CC1(C)CCC(C)(C)c2ccccc2C1=O. The van der Waals surface area contributed by atoms with Gasteiger partial charge in [-0.15, -0.1) is 0 Å². The predicted molar refractivity (Wildman–Crippen MR) is 66.8 cm³/mol. The number of Topliss-reactive ketones (excluding diaryl/α,β-unsaturated/α-hetero) is 1. The van der Waals surface area contributed by atoms with Crippen LogP contribution in [0.1, 0.15) is 56.5 Å². The smallest absolute Gasteiger partial charge is 0.168 e. The van der Waals surface area contributed by atoms with Crippen LogP contribution in [0.5, 0.6) is 0 Å². The maximum atomic E-state index is 12.4. The molecule has 0 fully saturated rings. The number of carbonyl (C=O) groups is 1. The van der Waals surface area contributed by atoms with E-state index in [1.165, 1.54) is 5.56 Å². The zero-order valence-corrected chi connectivity index (χ0v) is 10.6. The molecule has 1 heteroatoms. The Labute approximate surface area is 97.9 Å². The van der Waals surface area contributed by atoms with E-state index in [-0.39, 0.29) is 10.8 Å². The van der Waals surface area contributed by atoms with Gasteiger partial charge >= 0.3 is 0 Å². The molecule has 0 atom stereocenters. The Balaban J connectivity index is 2.64. The first kappa shape index (κ1) is 11.4. The van der Waals surface area contributed by atoms with Crippen molar-refractivity contribution in [2.24, 2.45) is 5.41 Å². The van der Waals surface area contributed by atoms with E-state index in [0.29, 0.717) is 5.78 Å². The van der Waals surface area contributed by atoms with Crippen LogP contribution in [0.2, 0.25) is 0 Å². The fraction of sp³-hybridized carbons (Fsp3) is 0.533. The van der Waals surface area contributed by atoms with Crippen LogP contribution in [0.15, 0.2) is 24.3 Å². The molecule has 16 heavy (non-hydrogen) atoms. The van der Waals surface area contributed by atoms with Crippen LogP contribution < -0.4 is 0 Å². The summed E-state index contributed by atoms with van der Waals surface area (Å²) in [6, 6.07) is 8.08. The maximum absolute atomic E-state index is 12.4. The summed E-state index contributed by atoms with van der Waals surface area (Å²) in [6.07, 6.45) is 2.04. The van der Waals surface area contributed by atoms with Gasteiger partial charge in [0.1, 0.15) is 0 Å². The molecule has 0 bridgehead atoms. The fourth-order valence-corrected chi connectivity index (χ4v) is 2.51. The lowest BCUT2D eigenvalue weighted by Crippen LogP contribution is -2.23. The molecule has 0 unspecified atom stereocenters. The first-order chi connectivity index (χ1) is 7.34. The van der Waals surface area contributed by atoms with Crippen molar-refractivity contribution < 1.29 is 4.79 Å². The Hall–Kier alpha value is -1.11. The van der Waals surface area contributed by atoms with E-state index in [0.717, 1.165) is 18.4 Å². The molecular formula is C15H20O. The summed E-state index contributed by atoms with van der Waals surface area (Å²) in [7, 11) is 0. The molecule has 1 aromatic carbocycles. The second-order valence-corrected chi connectivity index (χ2v) is 6.14. The lowest BCUT2D eigenvalue weighted by molar-refractivity contribution is 0.0828. The Kier molecular flexibility index (Phi) is 2.45. The van der Waals surface area contributed by atoms with Crippen molar-refractivity contribution in [1.82, 2.24) is 0 Å². The Morgan fingerprint density at radius 2 is 1.50 bits per heavy atom. The summed E-state index contributed by atoms with van der Waals surface area (Å²) in [4.78, 5) is 12.4. The van der Waals surface area contributed by atoms with Crippen molar-refractivity contribution in [3.63, 3.8) is 0 Å². The normalized spacial score (nSPS) is 22.4. The largest absolute Gasteiger partial charge is 0.294 e. The molecule has 0 aliphatic heterocycles. The van der Waals surface area contributed by atoms with Crippen molar-refractivity contribution in [2.75, 3.05) is 0 Å². The predicted octanol–water partition coefficient (Wildman–Crippen LogP) is 3.97. The molecule has 0 radical (unpaired) electrons. The van der Waals surface area contributed by atoms with Gasteiger partial charge in [-0.05, 0) is 23.8 Å². The molecule has 0 heterocycles. The van der Waals surface area contributed by atoms with E-state index >= 15 is 0 Å². The number of hydrogen-bond acceptors (Lipinski definition) is 1. The first-order valence-corrected chi connectivity index (χ1v) is 5.99. The Morgan fingerprint density at radius 3 is 2.19 bits per heavy atom. The van der Waals surface area contributed by atoms with Crippen molar-refractivity contribution in [1.29, 1.82) is 0 Å². The third-order valence-electron chi connectivity index (χ3n) is 3.89. The summed E-state index contributed by atoms with van der Waals surface area (Å²) in [5.41, 5.74) is 2.03. The zero-order chi connectivity index (χ0) is 12.0. The van der Waals surface area contributed by atoms with Crippen LogP contribution in [-0.2, 0) is 5.41 Å². The van der Waals surface area contributed by atoms with Crippen molar-refractivity contribution in [3.05, 3.63) is 35.4 Å². The first-order valence-electron chi connectivity index (χ1n) is 5.99. The minimum Gasteiger partial charge on any atom is -0.294 e. The van der Waals surface area contributed by atoms with Gasteiger partial charge in [0.2, 0.25) is 0 Å². The van der Waals surface area contributed by atoms with Crippen molar-refractivity contribution in [3.8, 4) is 0 Å². The molecular weight excluding hydrogens is 196 g/mol. The number of carbonyl (C=O) groups excluding carboxylic acids is 1. The van der Waals surface area contributed by atoms with Crippen LogP contribution in [0, 0.1) is 5.41 Å². The quantitative estimate of drug-likeness (QED) is 0.600. The molecule has 0 aromatic heterocycles. The fourth-order valence-electron chi connectivity index (χ4n) is 2.51. The second kappa shape index (κ2) is 3.44. The highest BCUT2D eigenvalue weighted by atomic mass is 16.1. The van der Waals surface area contributed by atoms with Gasteiger partial charge in [0.15, 0.2) is 5.78 Å². The molecule has 2 rings (SSSR count). The van der Waals surface area contributed by atoms with E-state index in [1.807, 2.05) is 18.2 Å². The minimum atomic E-state index is -0.218. The molecule has 1 aliphatic rings. The molecule has 1 aliphatic carbocycles. The highest BCUT2D eigenvalue weighted by Crippen LogP contribution is 2.41. The van der Waals surface area contributed by atoms with Gasteiger partial charge in [-0.2, -0.15) is 0 Å². The summed E-state index contributed by atoms with van der Waals surface area (Å²) in [5.74, 6) is 0.300. The molecule has 0 amide bonds. The third-order valence-corrected chi connectivity index (χ3v) is 3.89. The molecule has 1 aromatic rings. The van der Waals surface area contributed by atoms with E-state index in [9.17, 15) is 4.79 Å². The van der Waals surface area contributed by atoms with Crippen LogP contribution in [0.3, 0.4) is 0 Å². The van der Waals surface area contributed by atoms with Crippen molar-refractivity contribution in [2.45, 2.75) is 46.0 Å². The summed E-state index contributed by atoms with van der Waals surface area (Å²) < 4.78 is 0. The molecule has 0 saturated carbocycles. The zero-order valence-electron chi connectivity index (χ0n) is 10.6. The molecule has 0 spiro atoms. The standard InChI is InChI=1S/C15H20O/c1-14(2)9-10-15(3,4)13(16)11-7-5-6-8-12(11)14/h5-8H,9-10H2,1-4H3.